The van der Waals surface area contributed by atoms with Crippen molar-refractivity contribution in [3.63, 3.8) is 0 Å². The van der Waals surface area contributed by atoms with E-state index < -0.39 is 5.97 Å². The van der Waals surface area contributed by atoms with Crippen LogP contribution in [0.15, 0.2) is 42.5 Å². The fourth-order valence-corrected chi connectivity index (χ4v) is 4.19. The quantitative estimate of drug-likeness (QED) is 0.615. The van der Waals surface area contributed by atoms with Gasteiger partial charge in [-0.2, -0.15) is 0 Å². The number of ether oxygens (including phenoxy) is 2. The molecule has 1 saturated heterocycles. The molecule has 2 heterocycles. The van der Waals surface area contributed by atoms with Gasteiger partial charge in [0.25, 0.3) is 0 Å². The first-order chi connectivity index (χ1) is 12.7. The van der Waals surface area contributed by atoms with E-state index in [9.17, 15) is 4.79 Å². The van der Waals surface area contributed by atoms with E-state index in [2.05, 4.69) is 40.2 Å². The Morgan fingerprint density at radius 1 is 1.27 bits per heavy atom. The average molecular weight is 389 g/mol. The number of nitrogens with zero attached hydrogens (tertiary/aromatic N) is 2. The summed E-state index contributed by atoms with van der Waals surface area (Å²) >= 11 is 7.26. The lowest BCUT2D eigenvalue weighted by Crippen LogP contribution is -2.52. The summed E-state index contributed by atoms with van der Waals surface area (Å²) in [7, 11) is 1.33. The second kappa shape index (κ2) is 7.23. The lowest BCUT2D eigenvalue weighted by molar-refractivity contribution is 0.0230. The minimum atomic E-state index is -0.456. The highest BCUT2D eigenvalue weighted by Crippen LogP contribution is 2.33. The molecular weight excluding hydrogens is 372 g/mol. The van der Waals surface area contributed by atoms with Gasteiger partial charge in [-0.1, -0.05) is 65.4 Å². The minimum Gasteiger partial charge on any atom is -0.465 e. The Morgan fingerprint density at radius 2 is 2.04 bits per heavy atom. The number of thiazole rings is 1. The molecule has 0 unspecified atom stereocenters. The molecule has 1 aromatic heterocycles. The first-order valence-corrected chi connectivity index (χ1v) is 9.43. The van der Waals surface area contributed by atoms with Gasteiger partial charge < -0.3 is 14.4 Å². The first kappa shape index (κ1) is 17.3. The van der Waals surface area contributed by atoms with Crippen LogP contribution in [0.25, 0.3) is 10.8 Å². The third kappa shape index (κ3) is 3.28. The molecule has 26 heavy (non-hydrogen) atoms. The van der Waals surface area contributed by atoms with Crippen molar-refractivity contribution >= 4 is 44.8 Å². The minimum absolute atomic E-state index is 0.137. The number of rotatable bonds is 5. The van der Waals surface area contributed by atoms with Crippen LogP contribution in [-0.2, 0) is 16.1 Å². The largest absolute Gasteiger partial charge is 0.465 e. The van der Waals surface area contributed by atoms with Crippen LogP contribution in [0, 0.1) is 0 Å². The van der Waals surface area contributed by atoms with Crippen LogP contribution in [0.4, 0.5) is 5.13 Å². The zero-order valence-corrected chi connectivity index (χ0v) is 15.7. The summed E-state index contributed by atoms with van der Waals surface area (Å²) in [5.41, 5.74) is 1.19. The molecule has 5 nitrogen and oxygen atoms in total. The molecule has 1 fully saturated rings. The van der Waals surface area contributed by atoms with Crippen molar-refractivity contribution in [3.8, 4) is 0 Å². The number of esters is 1. The van der Waals surface area contributed by atoms with E-state index in [1.54, 1.807) is 0 Å². The Bertz CT molecular complexity index is 948. The van der Waals surface area contributed by atoms with Crippen molar-refractivity contribution in [1.82, 2.24) is 4.98 Å². The highest BCUT2D eigenvalue weighted by atomic mass is 35.5. The second-order valence-electron chi connectivity index (χ2n) is 6.08. The molecule has 1 aliphatic heterocycles. The fourth-order valence-electron chi connectivity index (χ4n) is 2.97. The predicted molar refractivity (Wildman–Crippen MR) is 103 cm³/mol. The number of aromatic nitrogens is 1. The van der Waals surface area contributed by atoms with E-state index in [-0.39, 0.29) is 11.3 Å². The Hall–Kier alpha value is -2.15. The molecule has 4 rings (SSSR count). The number of hydrogen-bond acceptors (Lipinski definition) is 6. The van der Waals surface area contributed by atoms with Crippen molar-refractivity contribution in [1.29, 1.82) is 0 Å². The van der Waals surface area contributed by atoms with E-state index in [4.69, 9.17) is 21.1 Å². The zero-order chi connectivity index (χ0) is 18.1. The summed E-state index contributed by atoms with van der Waals surface area (Å²) in [5.74, 6) is -0.456. The van der Waals surface area contributed by atoms with E-state index in [0.717, 1.165) is 18.2 Å². The number of anilines is 1. The number of fused-ring (bicyclic) bond motifs is 1. The molecule has 0 N–H and O–H groups in total. The van der Waals surface area contributed by atoms with Crippen LogP contribution in [0.3, 0.4) is 0 Å². The molecule has 2 aromatic carbocycles. The highest BCUT2D eigenvalue weighted by Gasteiger charge is 2.31. The molecule has 7 heteroatoms. The lowest BCUT2D eigenvalue weighted by atomic mass is 10.1. The number of halogens is 1. The van der Waals surface area contributed by atoms with Crippen molar-refractivity contribution < 1.29 is 14.3 Å². The van der Waals surface area contributed by atoms with Gasteiger partial charge in [0.1, 0.15) is 0 Å². The molecule has 134 valence electrons. The number of carbonyl (C=O) groups excluding carboxylic acids is 1. The average Bonchev–Trinajstić information content (AvgIpc) is 3.01. The maximum atomic E-state index is 11.6. The van der Waals surface area contributed by atoms with Crippen LogP contribution >= 0.6 is 22.9 Å². The Morgan fingerprint density at radius 3 is 2.85 bits per heavy atom. The number of methoxy groups -OCH3 is 1. The van der Waals surface area contributed by atoms with Gasteiger partial charge in [0.15, 0.2) is 15.2 Å². The number of hydrogen-bond donors (Lipinski definition) is 0. The number of benzene rings is 2. The SMILES string of the molecule is COC(=O)c1sc(N2CC(OCc3cccc4ccccc34)C2)nc1Cl. The predicted octanol–water partition coefficient (Wildman–Crippen LogP) is 4.14. The van der Waals surface area contributed by atoms with E-state index >= 15 is 0 Å². The van der Waals surface area contributed by atoms with Gasteiger partial charge in [-0.15, -0.1) is 0 Å². The second-order valence-corrected chi connectivity index (χ2v) is 7.42. The van der Waals surface area contributed by atoms with Crippen LogP contribution in [0.1, 0.15) is 15.2 Å². The summed E-state index contributed by atoms with van der Waals surface area (Å²) in [5, 5.41) is 3.36. The highest BCUT2D eigenvalue weighted by molar-refractivity contribution is 7.18. The molecule has 0 aliphatic carbocycles. The van der Waals surface area contributed by atoms with E-state index in [0.29, 0.717) is 11.5 Å². The summed E-state index contributed by atoms with van der Waals surface area (Å²) in [6.45, 7) is 2.04. The summed E-state index contributed by atoms with van der Waals surface area (Å²) in [6, 6.07) is 14.6. The molecular formula is C19H17ClN2O3S. The summed E-state index contributed by atoms with van der Waals surface area (Å²) in [4.78, 5) is 18.3. The zero-order valence-electron chi connectivity index (χ0n) is 14.1. The molecule has 0 bridgehead atoms. The standard InChI is InChI=1S/C19H17ClN2O3S/c1-24-18(23)16-17(20)21-19(26-16)22-9-14(10-22)25-11-13-7-4-6-12-5-2-3-8-15(12)13/h2-8,14H,9-11H2,1H3. The van der Waals surface area contributed by atoms with Crippen LogP contribution in [-0.4, -0.2) is 37.3 Å². The van der Waals surface area contributed by atoms with E-state index in [1.165, 1.54) is 34.8 Å². The topological polar surface area (TPSA) is 51.7 Å². The third-order valence-electron chi connectivity index (χ3n) is 4.42. The molecule has 0 atom stereocenters. The van der Waals surface area contributed by atoms with Gasteiger partial charge in [0.05, 0.1) is 19.8 Å². The van der Waals surface area contributed by atoms with Crippen molar-refractivity contribution in [2.45, 2.75) is 12.7 Å². The van der Waals surface area contributed by atoms with Crippen molar-refractivity contribution in [2.24, 2.45) is 0 Å². The van der Waals surface area contributed by atoms with Gasteiger partial charge in [0.2, 0.25) is 0 Å². The molecule has 0 spiro atoms. The molecule has 0 saturated carbocycles. The Kier molecular flexibility index (Phi) is 4.80. The molecule has 0 amide bonds. The Labute approximate surface area is 160 Å². The van der Waals surface area contributed by atoms with E-state index in [1.807, 2.05) is 12.1 Å². The fraction of sp³-hybridized carbons (Fsp3) is 0.263. The molecule has 3 aromatic rings. The van der Waals surface area contributed by atoms with Crippen molar-refractivity contribution in [3.05, 3.63) is 58.1 Å². The maximum Gasteiger partial charge on any atom is 0.351 e. The summed E-state index contributed by atoms with van der Waals surface area (Å²) in [6.07, 6.45) is 0.137. The van der Waals surface area contributed by atoms with Gasteiger partial charge in [-0.25, -0.2) is 9.78 Å². The molecule has 0 radical (unpaired) electrons. The maximum absolute atomic E-state index is 11.6. The normalized spacial score (nSPS) is 14.5. The monoisotopic (exact) mass is 388 g/mol. The number of carbonyl (C=O) groups is 1. The summed E-state index contributed by atoms with van der Waals surface area (Å²) < 4.78 is 10.7. The van der Waals surface area contributed by atoms with Crippen LogP contribution < -0.4 is 4.90 Å². The first-order valence-electron chi connectivity index (χ1n) is 8.23. The van der Waals surface area contributed by atoms with Gasteiger partial charge >= 0.3 is 5.97 Å². The Balaban J connectivity index is 1.36. The molecule has 1 aliphatic rings. The van der Waals surface area contributed by atoms with Gasteiger partial charge in [-0.05, 0) is 16.3 Å². The lowest BCUT2D eigenvalue weighted by Gasteiger charge is -2.38. The van der Waals surface area contributed by atoms with Crippen LogP contribution in [0.2, 0.25) is 5.15 Å². The third-order valence-corrected chi connectivity index (χ3v) is 5.90. The van der Waals surface area contributed by atoms with Crippen molar-refractivity contribution in [2.75, 3.05) is 25.1 Å². The van der Waals surface area contributed by atoms with Crippen LogP contribution in [0.5, 0.6) is 0 Å². The smallest absolute Gasteiger partial charge is 0.351 e. The van der Waals surface area contributed by atoms with Gasteiger partial charge in [0, 0.05) is 13.1 Å². The van der Waals surface area contributed by atoms with Gasteiger partial charge in [-0.3, -0.25) is 0 Å².